The van der Waals surface area contributed by atoms with Crippen LogP contribution in [0.4, 0.5) is 0 Å². The molecule has 0 spiro atoms. The topological polar surface area (TPSA) is 49.8 Å². The Balaban J connectivity index is 2.82. The molecule has 0 aliphatic carbocycles. The molecule has 1 aromatic carbocycles. The lowest BCUT2D eigenvalue weighted by atomic mass is 10.1. The molecule has 20 heavy (non-hydrogen) atoms. The summed E-state index contributed by atoms with van der Waals surface area (Å²) in [6.45, 7) is 6.68. The Morgan fingerprint density at radius 1 is 1.35 bits per heavy atom. The van der Waals surface area contributed by atoms with Crippen LogP contribution in [0.5, 0.6) is 0 Å². The average molecular weight is 279 g/mol. The van der Waals surface area contributed by atoms with Crippen LogP contribution in [-0.2, 0) is 11.3 Å². The van der Waals surface area contributed by atoms with Gasteiger partial charge in [0.1, 0.15) is 0 Å². The summed E-state index contributed by atoms with van der Waals surface area (Å²) in [6.07, 6.45) is 2.16. The van der Waals surface area contributed by atoms with Crippen LogP contribution in [0.3, 0.4) is 0 Å². The number of methoxy groups -OCH3 is 1. The van der Waals surface area contributed by atoms with Gasteiger partial charge < -0.3 is 9.84 Å². The van der Waals surface area contributed by atoms with Crippen LogP contribution in [0, 0.1) is 0 Å². The Labute approximate surface area is 121 Å². The molecule has 4 heteroatoms. The minimum absolute atomic E-state index is 0.346. The molecule has 0 radical (unpaired) electrons. The summed E-state index contributed by atoms with van der Waals surface area (Å²) in [5.74, 6) is -0.877. The molecule has 1 aromatic rings. The number of carboxylic acids is 1. The number of benzene rings is 1. The maximum atomic E-state index is 11.0. The van der Waals surface area contributed by atoms with Crippen LogP contribution in [-0.4, -0.2) is 42.3 Å². The van der Waals surface area contributed by atoms with E-state index in [1.807, 2.05) is 6.07 Å². The highest BCUT2D eigenvalue weighted by Gasteiger charge is 2.15. The minimum Gasteiger partial charge on any atom is -0.478 e. The predicted molar refractivity (Wildman–Crippen MR) is 80.1 cm³/mol. The van der Waals surface area contributed by atoms with E-state index >= 15 is 0 Å². The summed E-state index contributed by atoms with van der Waals surface area (Å²) in [7, 11) is 1.70. The minimum atomic E-state index is -0.877. The third-order valence-corrected chi connectivity index (χ3v) is 3.60. The van der Waals surface area contributed by atoms with E-state index in [-0.39, 0.29) is 0 Å². The molecule has 0 bridgehead atoms. The second kappa shape index (κ2) is 8.72. The Hall–Kier alpha value is -1.39. The summed E-state index contributed by atoms with van der Waals surface area (Å²) < 4.78 is 5.18. The smallest absolute Gasteiger partial charge is 0.335 e. The number of carbonyl (C=O) groups is 1. The van der Waals surface area contributed by atoms with E-state index in [9.17, 15) is 4.79 Å². The number of aromatic carboxylic acids is 1. The highest BCUT2D eigenvalue weighted by molar-refractivity contribution is 5.87. The molecule has 0 fully saturated rings. The summed E-state index contributed by atoms with van der Waals surface area (Å²) >= 11 is 0. The molecule has 0 aliphatic rings. The first kappa shape index (κ1) is 16.7. The molecule has 0 saturated carbocycles. The number of ether oxygens (including phenoxy) is 1. The third-order valence-electron chi connectivity index (χ3n) is 3.60. The standard InChI is InChI=1S/C16H25NO3/c1-4-15(5-2)17(9-10-20-3)12-13-7-6-8-14(11-13)16(18)19/h6-8,11,15H,4-5,9-10,12H2,1-3H3,(H,18,19). The maximum absolute atomic E-state index is 11.0. The molecule has 0 atom stereocenters. The Kier molecular flexibility index (Phi) is 7.26. The lowest BCUT2D eigenvalue weighted by Crippen LogP contribution is -2.36. The van der Waals surface area contributed by atoms with Crippen molar-refractivity contribution in [3.8, 4) is 0 Å². The molecule has 0 amide bonds. The largest absolute Gasteiger partial charge is 0.478 e. The van der Waals surface area contributed by atoms with E-state index in [1.54, 1.807) is 25.3 Å². The van der Waals surface area contributed by atoms with Gasteiger partial charge in [-0.3, -0.25) is 4.90 Å². The van der Waals surface area contributed by atoms with Gasteiger partial charge in [0.05, 0.1) is 12.2 Å². The average Bonchev–Trinajstić information content (AvgIpc) is 2.46. The first-order chi connectivity index (χ1) is 9.62. The van der Waals surface area contributed by atoms with Gasteiger partial charge in [0, 0.05) is 26.2 Å². The van der Waals surface area contributed by atoms with Gasteiger partial charge in [-0.1, -0.05) is 26.0 Å². The Morgan fingerprint density at radius 3 is 2.60 bits per heavy atom. The zero-order valence-corrected chi connectivity index (χ0v) is 12.6. The van der Waals surface area contributed by atoms with E-state index in [4.69, 9.17) is 9.84 Å². The summed E-state index contributed by atoms with van der Waals surface area (Å²) in [6, 6.07) is 7.67. The van der Waals surface area contributed by atoms with Gasteiger partial charge in [0.25, 0.3) is 0 Å². The second-order valence-electron chi connectivity index (χ2n) is 4.94. The van der Waals surface area contributed by atoms with Gasteiger partial charge in [-0.2, -0.15) is 0 Å². The van der Waals surface area contributed by atoms with Gasteiger partial charge in [-0.15, -0.1) is 0 Å². The monoisotopic (exact) mass is 279 g/mol. The highest BCUT2D eigenvalue weighted by atomic mass is 16.5. The van der Waals surface area contributed by atoms with Crippen molar-refractivity contribution in [1.29, 1.82) is 0 Å². The number of nitrogens with zero attached hydrogens (tertiary/aromatic N) is 1. The van der Waals surface area contributed by atoms with Crippen molar-refractivity contribution in [3.63, 3.8) is 0 Å². The third kappa shape index (κ3) is 4.94. The number of hydrogen-bond donors (Lipinski definition) is 1. The number of hydrogen-bond acceptors (Lipinski definition) is 3. The molecule has 112 valence electrons. The van der Waals surface area contributed by atoms with Gasteiger partial charge >= 0.3 is 5.97 Å². The van der Waals surface area contributed by atoms with E-state index in [2.05, 4.69) is 18.7 Å². The van der Waals surface area contributed by atoms with E-state index in [0.717, 1.165) is 31.5 Å². The summed E-state index contributed by atoms with van der Waals surface area (Å²) in [5, 5.41) is 9.05. The molecule has 0 heterocycles. The van der Waals surface area contributed by atoms with Crippen LogP contribution in [0.25, 0.3) is 0 Å². The lowest BCUT2D eigenvalue weighted by Gasteiger charge is -2.30. The van der Waals surface area contributed by atoms with Gasteiger partial charge in [0.2, 0.25) is 0 Å². The zero-order chi connectivity index (χ0) is 15.0. The van der Waals surface area contributed by atoms with Crippen LogP contribution >= 0.6 is 0 Å². The quantitative estimate of drug-likeness (QED) is 0.755. The van der Waals surface area contributed by atoms with E-state index in [1.165, 1.54) is 0 Å². The molecular weight excluding hydrogens is 254 g/mol. The van der Waals surface area contributed by atoms with Crippen LogP contribution < -0.4 is 0 Å². The molecule has 1 rings (SSSR count). The molecule has 0 saturated heterocycles. The van der Waals surface area contributed by atoms with Crippen molar-refractivity contribution >= 4 is 5.97 Å². The lowest BCUT2D eigenvalue weighted by molar-refractivity contribution is 0.0696. The molecule has 0 unspecified atom stereocenters. The molecule has 0 aliphatic heterocycles. The Bertz CT molecular complexity index is 416. The zero-order valence-electron chi connectivity index (χ0n) is 12.6. The van der Waals surface area contributed by atoms with Crippen LogP contribution in [0.1, 0.15) is 42.6 Å². The van der Waals surface area contributed by atoms with E-state index < -0.39 is 5.97 Å². The van der Waals surface area contributed by atoms with Crippen molar-refractivity contribution in [2.45, 2.75) is 39.3 Å². The molecule has 0 aromatic heterocycles. The number of rotatable bonds is 9. The fourth-order valence-electron chi connectivity index (χ4n) is 2.44. The normalized spacial score (nSPS) is 11.2. The SMILES string of the molecule is CCC(CC)N(CCOC)Cc1cccc(C(=O)O)c1. The van der Waals surface area contributed by atoms with Gasteiger partial charge in [0.15, 0.2) is 0 Å². The first-order valence-corrected chi connectivity index (χ1v) is 7.17. The fraction of sp³-hybridized carbons (Fsp3) is 0.562. The van der Waals surface area contributed by atoms with Crippen LogP contribution in [0.15, 0.2) is 24.3 Å². The van der Waals surface area contributed by atoms with Gasteiger partial charge in [-0.25, -0.2) is 4.79 Å². The second-order valence-corrected chi connectivity index (χ2v) is 4.94. The molecule has 1 N–H and O–H groups in total. The van der Waals surface area contributed by atoms with E-state index in [0.29, 0.717) is 18.2 Å². The van der Waals surface area contributed by atoms with Crippen molar-refractivity contribution < 1.29 is 14.6 Å². The fourth-order valence-corrected chi connectivity index (χ4v) is 2.44. The summed E-state index contributed by atoms with van der Waals surface area (Å²) in [5.41, 5.74) is 1.38. The molecular formula is C16H25NO3. The predicted octanol–water partition coefficient (Wildman–Crippen LogP) is 3.02. The van der Waals surface area contributed by atoms with Gasteiger partial charge in [-0.05, 0) is 30.5 Å². The first-order valence-electron chi connectivity index (χ1n) is 7.17. The van der Waals surface area contributed by atoms with Crippen molar-refractivity contribution in [2.24, 2.45) is 0 Å². The van der Waals surface area contributed by atoms with Crippen molar-refractivity contribution in [2.75, 3.05) is 20.3 Å². The maximum Gasteiger partial charge on any atom is 0.335 e. The van der Waals surface area contributed by atoms with Crippen molar-refractivity contribution in [3.05, 3.63) is 35.4 Å². The Morgan fingerprint density at radius 2 is 2.05 bits per heavy atom. The van der Waals surface area contributed by atoms with Crippen molar-refractivity contribution in [1.82, 2.24) is 4.90 Å². The summed E-state index contributed by atoms with van der Waals surface area (Å²) in [4.78, 5) is 13.4. The molecule has 4 nitrogen and oxygen atoms in total. The van der Waals surface area contributed by atoms with Crippen LogP contribution in [0.2, 0.25) is 0 Å². The highest BCUT2D eigenvalue weighted by Crippen LogP contribution is 2.14. The number of carboxylic acid groups (broad SMARTS) is 1.